The van der Waals surface area contributed by atoms with Crippen molar-refractivity contribution >= 4 is 17.5 Å². The summed E-state index contributed by atoms with van der Waals surface area (Å²) in [7, 11) is 0. The van der Waals surface area contributed by atoms with Gasteiger partial charge in [0.15, 0.2) is 5.82 Å². The van der Waals surface area contributed by atoms with Crippen LogP contribution in [-0.4, -0.2) is 50.9 Å². The molecule has 2 saturated heterocycles. The van der Waals surface area contributed by atoms with Crippen LogP contribution in [0.15, 0.2) is 43.4 Å². The van der Waals surface area contributed by atoms with E-state index in [0.29, 0.717) is 23.1 Å². The van der Waals surface area contributed by atoms with Crippen molar-refractivity contribution in [2.45, 2.75) is 45.6 Å². The number of anilines is 3. The first kappa shape index (κ1) is 23.4. The van der Waals surface area contributed by atoms with Gasteiger partial charge in [-0.05, 0) is 37.8 Å². The molecule has 0 saturated carbocycles. The summed E-state index contributed by atoms with van der Waals surface area (Å²) < 4.78 is 16.7. The number of hydrogen-bond acceptors (Lipinski definition) is 7. The minimum absolute atomic E-state index is 0. The third kappa shape index (κ3) is 4.65. The van der Waals surface area contributed by atoms with Crippen molar-refractivity contribution in [1.29, 1.82) is 0 Å². The highest BCUT2D eigenvalue weighted by Crippen LogP contribution is 2.37. The standard InChI is InChI=1S/C23H27FN8.C3H6.H2/c1-15-4-2-3-7-32-21(15)17(9-28-32)20-18(24)10-27-22(30-20)29-19-6-5-16(8-26-19)31-13-23(14-31)11-25-12-23;1-3-2;/h5-6,8-10,15,25H,2-4,7,11-14H2,1H3,(H,26,27,29,30);3H,1H2,2H3;1H/t15-;;/m0../s1. The van der Waals surface area contributed by atoms with Crippen LogP contribution < -0.4 is 15.5 Å². The molecule has 0 unspecified atom stereocenters. The lowest BCUT2D eigenvalue weighted by Crippen LogP contribution is -2.71. The molecule has 186 valence electrons. The van der Waals surface area contributed by atoms with Crippen molar-refractivity contribution in [3.8, 4) is 11.3 Å². The van der Waals surface area contributed by atoms with Crippen molar-refractivity contribution in [3.05, 3.63) is 54.9 Å². The van der Waals surface area contributed by atoms with Crippen molar-refractivity contribution in [3.63, 3.8) is 0 Å². The second-order valence-corrected chi connectivity index (χ2v) is 9.85. The predicted molar refractivity (Wildman–Crippen MR) is 138 cm³/mol. The number of rotatable bonds is 4. The molecule has 6 heterocycles. The van der Waals surface area contributed by atoms with E-state index in [1.807, 2.05) is 23.9 Å². The highest BCUT2D eigenvalue weighted by Gasteiger charge is 2.47. The zero-order valence-corrected chi connectivity index (χ0v) is 20.5. The third-order valence-corrected chi connectivity index (χ3v) is 7.01. The van der Waals surface area contributed by atoms with Gasteiger partial charge in [0.1, 0.15) is 11.5 Å². The van der Waals surface area contributed by atoms with Gasteiger partial charge in [-0.15, -0.1) is 6.58 Å². The molecule has 2 N–H and O–H groups in total. The average molecular weight is 479 g/mol. The van der Waals surface area contributed by atoms with Gasteiger partial charge in [0.25, 0.3) is 0 Å². The molecular weight excluding hydrogens is 443 g/mol. The summed E-state index contributed by atoms with van der Waals surface area (Å²) in [4.78, 5) is 15.5. The molecule has 0 radical (unpaired) electrons. The van der Waals surface area contributed by atoms with Crippen LogP contribution >= 0.6 is 0 Å². The number of aromatic nitrogens is 5. The number of nitrogens with one attached hydrogen (secondary N) is 2. The van der Waals surface area contributed by atoms with E-state index in [2.05, 4.69) is 55.2 Å². The Balaban J connectivity index is 0.000000726. The molecule has 3 aromatic heterocycles. The van der Waals surface area contributed by atoms with Crippen LogP contribution in [0.4, 0.5) is 21.8 Å². The van der Waals surface area contributed by atoms with E-state index < -0.39 is 5.82 Å². The summed E-state index contributed by atoms with van der Waals surface area (Å²) in [6.45, 7) is 12.7. The van der Waals surface area contributed by atoms with E-state index in [1.165, 1.54) is 6.20 Å². The number of aryl methyl sites for hydroxylation is 1. The van der Waals surface area contributed by atoms with Gasteiger partial charge in [-0.1, -0.05) is 19.4 Å². The zero-order valence-electron chi connectivity index (χ0n) is 20.5. The molecule has 3 aromatic rings. The lowest BCUT2D eigenvalue weighted by Gasteiger charge is -2.57. The first-order valence-electron chi connectivity index (χ1n) is 12.4. The lowest BCUT2D eigenvalue weighted by molar-refractivity contribution is 0.121. The molecule has 1 spiro atoms. The fraction of sp³-hybridized carbons (Fsp3) is 0.462. The average Bonchev–Trinajstić information content (AvgIpc) is 3.12. The normalized spacial score (nSPS) is 20.0. The summed E-state index contributed by atoms with van der Waals surface area (Å²) in [6, 6.07) is 3.97. The summed E-state index contributed by atoms with van der Waals surface area (Å²) in [5.41, 5.74) is 3.68. The SMILES string of the molecule is C=CC.C[C@H]1CCCCn2ncc(-c3nc(Nc4ccc(N5CC6(CNC6)C5)cn4)ncc3F)c21.[HH]. The zero-order chi connectivity index (χ0) is 24.4. The lowest BCUT2D eigenvalue weighted by atomic mass is 9.74. The molecule has 6 rings (SSSR count). The monoisotopic (exact) mass is 478 g/mol. The van der Waals surface area contributed by atoms with Gasteiger partial charge in [-0.25, -0.2) is 19.3 Å². The molecule has 0 aromatic carbocycles. The predicted octanol–water partition coefficient (Wildman–Crippen LogP) is 4.75. The van der Waals surface area contributed by atoms with Crippen molar-refractivity contribution in [2.24, 2.45) is 5.41 Å². The summed E-state index contributed by atoms with van der Waals surface area (Å²) in [5, 5.41) is 11.0. The van der Waals surface area contributed by atoms with Crippen molar-refractivity contribution in [1.82, 2.24) is 30.0 Å². The van der Waals surface area contributed by atoms with Gasteiger partial charge in [-0.3, -0.25) is 4.68 Å². The second kappa shape index (κ2) is 9.73. The minimum Gasteiger partial charge on any atom is -0.369 e. The quantitative estimate of drug-likeness (QED) is 0.524. The smallest absolute Gasteiger partial charge is 0.229 e. The Morgan fingerprint density at radius 2 is 2.00 bits per heavy atom. The molecular formula is C26H35FN8. The van der Waals surface area contributed by atoms with E-state index in [-0.39, 0.29) is 7.12 Å². The van der Waals surface area contributed by atoms with E-state index >= 15 is 0 Å². The number of hydrogen-bond donors (Lipinski definition) is 2. The van der Waals surface area contributed by atoms with Crippen LogP contribution in [0.2, 0.25) is 0 Å². The van der Waals surface area contributed by atoms with Crippen LogP contribution in [0, 0.1) is 11.2 Å². The van der Waals surface area contributed by atoms with Crippen LogP contribution in [0.1, 0.15) is 46.1 Å². The van der Waals surface area contributed by atoms with Gasteiger partial charge in [0, 0.05) is 45.1 Å². The van der Waals surface area contributed by atoms with E-state index in [4.69, 9.17) is 0 Å². The molecule has 3 aliphatic rings. The van der Waals surface area contributed by atoms with Crippen molar-refractivity contribution in [2.75, 3.05) is 36.4 Å². The fourth-order valence-corrected chi connectivity index (χ4v) is 5.15. The van der Waals surface area contributed by atoms with Gasteiger partial charge in [0.2, 0.25) is 5.95 Å². The first-order chi connectivity index (χ1) is 17.0. The molecule has 35 heavy (non-hydrogen) atoms. The Bertz CT molecular complexity index is 1180. The maximum atomic E-state index is 14.7. The number of nitrogens with zero attached hydrogens (tertiary/aromatic N) is 6. The van der Waals surface area contributed by atoms with Crippen LogP contribution in [0.3, 0.4) is 0 Å². The van der Waals surface area contributed by atoms with E-state index in [0.717, 1.165) is 68.9 Å². The Hall–Kier alpha value is -3.33. The molecule has 8 nitrogen and oxygen atoms in total. The van der Waals surface area contributed by atoms with E-state index in [9.17, 15) is 4.39 Å². The highest BCUT2D eigenvalue weighted by molar-refractivity contribution is 5.65. The van der Waals surface area contributed by atoms with Gasteiger partial charge >= 0.3 is 0 Å². The highest BCUT2D eigenvalue weighted by atomic mass is 19.1. The number of fused-ring (bicyclic) bond motifs is 1. The van der Waals surface area contributed by atoms with Gasteiger partial charge in [-0.2, -0.15) is 5.10 Å². The maximum Gasteiger partial charge on any atom is 0.229 e. The number of halogens is 1. The van der Waals surface area contributed by atoms with Gasteiger partial charge in [0.05, 0.1) is 30.0 Å². The Labute approximate surface area is 207 Å². The molecule has 1 atom stereocenters. The Morgan fingerprint density at radius 1 is 1.20 bits per heavy atom. The Kier molecular flexibility index (Phi) is 6.51. The molecule has 0 amide bonds. The van der Waals surface area contributed by atoms with Crippen molar-refractivity contribution < 1.29 is 5.82 Å². The summed E-state index contributed by atoms with van der Waals surface area (Å²) >= 11 is 0. The molecule has 9 heteroatoms. The maximum absolute atomic E-state index is 14.7. The molecule has 0 aliphatic carbocycles. The molecule has 2 fully saturated rings. The first-order valence-corrected chi connectivity index (χ1v) is 12.4. The topological polar surface area (TPSA) is 83.8 Å². The molecule has 3 aliphatic heterocycles. The largest absolute Gasteiger partial charge is 0.369 e. The number of pyridine rings is 1. The second-order valence-electron chi connectivity index (χ2n) is 9.85. The van der Waals surface area contributed by atoms with Crippen LogP contribution in [-0.2, 0) is 6.54 Å². The van der Waals surface area contributed by atoms with Crippen LogP contribution in [0.25, 0.3) is 11.3 Å². The minimum atomic E-state index is -0.441. The summed E-state index contributed by atoms with van der Waals surface area (Å²) in [5.74, 6) is 0.829. The number of allylic oxidation sites excluding steroid dienone is 1. The Morgan fingerprint density at radius 3 is 2.69 bits per heavy atom. The van der Waals surface area contributed by atoms with Gasteiger partial charge < -0.3 is 15.5 Å². The third-order valence-electron chi connectivity index (χ3n) is 7.01. The fourth-order valence-electron chi connectivity index (χ4n) is 5.15. The summed E-state index contributed by atoms with van der Waals surface area (Å²) in [6.07, 6.45) is 9.88. The van der Waals surface area contributed by atoms with Crippen LogP contribution in [0.5, 0.6) is 0 Å². The molecule has 0 bridgehead atoms. The van der Waals surface area contributed by atoms with E-state index in [1.54, 1.807) is 12.3 Å².